The predicted molar refractivity (Wildman–Crippen MR) is 99.8 cm³/mol. The van der Waals surface area contributed by atoms with Crippen LogP contribution in [0.1, 0.15) is 40.2 Å². The summed E-state index contributed by atoms with van der Waals surface area (Å²) >= 11 is 1.69. The second kappa shape index (κ2) is 5.92. The fourth-order valence-corrected chi connectivity index (χ4v) is 4.66. The summed E-state index contributed by atoms with van der Waals surface area (Å²) in [7, 11) is 0. The standard InChI is InChI=1S/C20H19N3S/c1-12-7-8-18-19(9-12)24-20(23-18)14(11-21)10-16-13(2)22-17-6-4-3-5-15(16)17/h3-6,10,12,22H,7-9H2,1-2H3/b14-10+/t12-/m1/s1. The van der Waals surface area contributed by atoms with Crippen LogP contribution in [0.2, 0.25) is 0 Å². The van der Waals surface area contributed by atoms with Crippen LogP contribution in [0.4, 0.5) is 0 Å². The maximum absolute atomic E-state index is 9.69. The average Bonchev–Trinajstić information content (AvgIpc) is 3.12. The van der Waals surface area contributed by atoms with Gasteiger partial charge in [-0.15, -0.1) is 11.3 Å². The average molecular weight is 333 g/mol. The van der Waals surface area contributed by atoms with Crippen LogP contribution in [0.15, 0.2) is 24.3 Å². The molecule has 1 aliphatic rings. The molecule has 4 rings (SSSR count). The summed E-state index contributed by atoms with van der Waals surface area (Å²) in [5.41, 5.74) is 5.13. The van der Waals surface area contributed by atoms with E-state index in [1.807, 2.05) is 18.2 Å². The number of hydrogen-bond donors (Lipinski definition) is 1. The van der Waals surface area contributed by atoms with Gasteiger partial charge in [0.2, 0.25) is 0 Å². The van der Waals surface area contributed by atoms with Gasteiger partial charge in [-0.3, -0.25) is 0 Å². The molecule has 3 nitrogen and oxygen atoms in total. The third-order valence-corrected chi connectivity index (χ3v) is 5.92. The maximum atomic E-state index is 9.69. The van der Waals surface area contributed by atoms with Crippen molar-refractivity contribution >= 4 is 33.9 Å². The van der Waals surface area contributed by atoms with Crippen molar-refractivity contribution in [3.63, 3.8) is 0 Å². The van der Waals surface area contributed by atoms with Gasteiger partial charge >= 0.3 is 0 Å². The Morgan fingerprint density at radius 1 is 1.42 bits per heavy atom. The fourth-order valence-electron chi connectivity index (χ4n) is 3.43. The van der Waals surface area contributed by atoms with Gasteiger partial charge < -0.3 is 4.98 Å². The summed E-state index contributed by atoms with van der Waals surface area (Å²) in [5.74, 6) is 0.719. The molecule has 1 N–H and O–H groups in total. The number of hydrogen-bond acceptors (Lipinski definition) is 3. The normalized spacial score (nSPS) is 17.7. The van der Waals surface area contributed by atoms with Crippen LogP contribution in [-0.4, -0.2) is 9.97 Å². The largest absolute Gasteiger partial charge is 0.358 e. The van der Waals surface area contributed by atoms with Crippen LogP contribution in [-0.2, 0) is 12.8 Å². The van der Waals surface area contributed by atoms with Gasteiger partial charge in [0.05, 0.1) is 11.3 Å². The van der Waals surface area contributed by atoms with Gasteiger partial charge in [-0.05, 0) is 44.2 Å². The molecule has 24 heavy (non-hydrogen) atoms. The van der Waals surface area contributed by atoms with Crippen LogP contribution < -0.4 is 0 Å². The van der Waals surface area contributed by atoms with Gasteiger partial charge in [0.25, 0.3) is 0 Å². The summed E-state index contributed by atoms with van der Waals surface area (Å²) in [6.07, 6.45) is 5.32. The Labute approximate surface area is 145 Å². The van der Waals surface area contributed by atoms with Crippen molar-refractivity contribution in [1.29, 1.82) is 5.26 Å². The van der Waals surface area contributed by atoms with E-state index >= 15 is 0 Å². The van der Waals surface area contributed by atoms with Gasteiger partial charge in [-0.25, -0.2) is 4.98 Å². The summed E-state index contributed by atoms with van der Waals surface area (Å²) < 4.78 is 0. The first kappa shape index (κ1) is 15.2. The molecule has 0 spiro atoms. The lowest BCUT2D eigenvalue weighted by Gasteiger charge is -2.15. The number of para-hydroxylation sites is 1. The van der Waals surface area contributed by atoms with Crippen molar-refractivity contribution in [2.75, 3.05) is 0 Å². The Morgan fingerprint density at radius 2 is 2.25 bits per heavy atom. The number of aryl methyl sites for hydroxylation is 2. The highest BCUT2D eigenvalue weighted by atomic mass is 32.1. The first-order valence-corrected chi connectivity index (χ1v) is 9.15. The molecule has 0 amide bonds. The second-order valence-corrected chi connectivity index (χ2v) is 7.70. The van der Waals surface area contributed by atoms with Crippen molar-refractivity contribution < 1.29 is 0 Å². The number of H-pyrrole nitrogens is 1. The van der Waals surface area contributed by atoms with E-state index in [9.17, 15) is 5.26 Å². The fraction of sp³-hybridized carbons (Fsp3) is 0.300. The SMILES string of the molecule is Cc1[nH]c2ccccc2c1/C=C(\C#N)c1nc2c(s1)C[C@H](C)CC2. The van der Waals surface area contributed by atoms with Gasteiger partial charge in [0.1, 0.15) is 11.1 Å². The number of aromatic amines is 1. The molecule has 0 saturated carbocycles. The van der Waals surface area contributed by atoms with Gasteiger partial charge in [-0.1, -0.05) is 25.1 Å². The van der Waals surface area contributed by atoms with Gasteiger partial charge in [-0.2, -0.15) is 5.26 Å². The van der Waals surface area contributed by atoms with Gasteiger partial charge in [0, 0.05) is 27.0 Å². The zero-order chi connectivity index (χ0) is 16.7. The minimum Gasteiger partial charge on any atom is -0.358 e. The molecule has 0 unspecified atom stereocenters. The number of aromatic nitrogens is 2. The van der Waals surface area contributed by atoms with E-state index in [0.29, 0.717) is 5.57 Å². The number of rotatable bonds is 2. The summed E-state index contributed by atoms with van der Waals surface area (Å²) in [6.45, 7) is 4.34. The summed E-state index contributed by atoms with van der Waals surface area (Å²) in [4.78, 5) is 9.52. The minimum absolute atomic E-state index is 0.662. The molecule has 0 saturated heterocycles. The van der Waals surface area contributed by atoms with E-state index in [-0.39, 0.29) is 0 Å². The zero-order valence-electron chi connectivity index (χ0n) is 13.9. The highest BCUT2D eigenvalue weighted by Gasteiger charge is 2.21. The number of benzene rings is 1. The summed E-state index contributed by atoms with van der Waals surface area (Å²) in [5, 5.41) is 11.7. The first-order valence-electron chi connectivity index (χ1n) is 8.33. The molecular formula is C20H19N3S. The third-order valence-electron chi connectivity index (χ3n) is 4.77. The monoisotopic (exact) mass is 333 g/mol. The van der Waals surface area contributed by atoms with Crippen molar-refractivity contribution in [3.05, 3.63) is 51.1 Å². The lowest BCUT2D eigenvalue weighted by atomic mass is 9.93. The van der Waals surface area contributed by atoms with E-state index in [1.54, 1.807) is 11.3 Å². The Morgan fingerprint density at radius 3 is 3.08 bits per heavy atom. The van der Waals surface area contributed by atoms with E-state index in [0.717, 1.165) is 45.9 Å². The number of allylic oxidation sites excluding steroid dienone is 1. The molecule has 1 atom stereocenters. The minimum atomic E-state index is 0.662. The van der Waals surface area contributed by atoms with Crippen molar-refractivity contribution in [1.82, 2.24) is 9.97 Å². The molecule has 2 aromatic heterocycles. The molecular weight excluding hydrogens is 314 g/mol. The van der Waals surface area contributed by atoms with Crippen LogP contribution in [0.3, 0.4) is 0 Å². The lowest BCUT2D eigenvalue weighted by Crippen LogP contribution is -2.09. The number of nitrogens with one attached hydrogen (secondary N) is 1. The van der Waals surface area contributed by atoms with Crippen molar-refractivity contribution in [2.24, 2.45) is 5.92 Å². The maximum Gasteiger partial charge on any atom is 0.134 e. The topological polar surface area (TPSA) is 52.5 Å². The number of fused-ring (bicyclic) bond motifs is 2. The Kier molecular flexibility index (Phi) is 3.74. The third kappa shape index (κ3) is 2.55. The molecule has 0 fully saturated rings. The molecule has 120 valence electrons. The smallest absolute Gasteiger partial charge is 0.134 e. The van der Waals surface area contributed by atoms with Crippen LogP contribution in [0.25, 0.3) is 22.6 Å². The highest BCUT2D eigenvalue weighted by Crippen LogP contribution is 2.34. The molecule has 3 aromatic rings. The molecule has 0 aliphatic heterocycles. The number of nitrogens with zero attached hydrogens (tertiary/aromatic N) is 2. The Bertz CT molecular complexity index is 984. The molecule has 4 heteroatoms. The van der Waals surface area contributed by atoms with E-state index < -0.39 is 0 Å². The Hall–Kier alpha value is -2.38. The van der Waals surface area contributed by atoms with E-state index in [1.165, 1.54) is 17.0 Å². The Balaban J connectivity index is 1.80. The molecule has 0 bridgehead atoms. The second-order valence-electron chi connectivity index (χ2n) is 6.62. The zero-order valence-corrected chi connectivity index (χ0v) is 14.7. The highest BCUT2D eigenvalue weighted by molar-refractivity contribution is 7.13. The molecule has 1 aliphatic carbocycles. The van der Waals surface area contributed by atoms with Crippen LogP contribution >= 0.6 is 11.3 Å². The van der Waals surface area contributed by atoms with E-state index in [4.69, 9.17) is 4.98 Å². The van der Waals surface area contributed by atoms with Gasteiger partial charge in [0.15, 0.2) is 0 Å². The van der Waals surface area contributed by atoms with Crippen molar-refractivity contribution in [2.45, 2.75) is 33.1 Å². The number of nitriles is 1. The summed E-state index contributed by atoms with van der Waals surface area (Å²) in [6, 6.07) is 10.6. The number of thiazole rings is 1. The quantitative estimate of drug-likeness (QED) is 0.662. The van der Waals surface area contributed by atoms with Crippen molar-refractivity contribution in [3.8, 4) is 6.07 Å². The van der Waals surface area contributed by atoms with E-state index in [2.05, 4.69) is 37.0 Å². The first-order chi connectivity index (χ1) is 11.7. The molecule has 2 heterocycles. The predicted octanol–water partition coefficient (Wildman–Crippen LogP) is 5.12. The lowest BCUT2D eigenvalue weighted by molar-refractivity contribution is 0.502. The van der Waals surface area contributed by atoms with Crippen LogP contribution in [0, 0.1) is 24.2 Å². The molecule has 0 radical (unpaired) electrons. The van der Waals surface area contributed by atoms with Crippen LogP contribution in [0.5, 0.6) is 0 Å². The molecule has 1 aromatic carbocycles.